The minimum atomic E-state index is -3.14. The number of para-hydroxylation sites is 1. The molecular weight excluding hydrogens is 312 g/mol. The molecule has 1 aromatic rings. The second-order valence-electron chi connectivity index (χ2n) is 6.94. The summed E-state index contributed by atoms with van der Waals surface area (Å²) in [6.07, 6.45) is 8.13. The summed E-state index contributed by atoms with van der Waals surface area (Å²) < 4.78 is 23.1. The molecule has 0 spiro atoms. The van der Waals surface area contributed by atoms with Crippen molar-refractivity contribution in [3.8, 4) is 0 Å². The Balaban J connectivity index is 1.68. The quantitative estimate of drug-likeness (QED) is 0.867. The molecule has 0 aromatic heterocycles. The highest BCUT2D eigenvalue weighted by atomic mass is 32.2. The third kappa shape index (κ3) is 3.68. The summed E-state index contributed by atoms with van der Waals surface area (Å²) in [6, 6.07) is 6.84. The Morgan fingerprint density at radius 2 is 1.91 bits per heavy atom. The van der Waals surface area contributed by atoms with Gasteiger partial charge in [-0.1, -0.05) is 24.6 Å². The van der Waals surface area contributed by atoms with Gasteiger partial charge in [-0.2, -0.15) is 0 Å². The summed E-state index contributed by atoms with van der Waals surface area (Å²) in [4.78, 5) is 12.4. The maximum absolute atomic E-state index is 12.4. The first-order valence-electron chi connectivity index (χ1n) is 8.23. The van der Waals surface area contributed by atoms with Crippen molar-refractivity contribution in [3.63, 3.8) is 0 Å². The van der Waals surface area contributed by atoms with Gasteiger partial charge in [0.25, 0.3) is 0 Å². The number of sulfone groups is 1. The van der Waals surface area contributed by atoms with Gasteiger partial charge in [0.05, 0.1) is 5.75 Å². The van der Waals surface area contributed by atoms with Crippen LogP contribution in [0.15, 0.2) is 24.3 Å². The summed E-state index contributed by atoms with van der Waals surface area (Å²) in [6.45, 7) is 0. The van der Waals surface area contributed by atoms with E-state index in [9.17, 15) is 13.2 Å². The molecular formula is C17H24N2O3S. The van der Waals surface area contributed by atoms with E-state index in [1.54, 1.807) is 24.3 Å². The Morgan fingerprint density at radius 3 is 2.43 bits per heavy atom. The fraction of sp³-hybridized carbons (Fsp3) is 0.588. The van der Waals surface area contributed by atoms with Crippen LogP contribution in [0, 0.1) is 5.92 Å². The molecule has 2 saturated carbocycles. The van der Waals surface area contributed by atoms with Crippen LogP contribution >= 0.6 is 0 Å². The molecule has 0 bridgehead atoms. The average Bonchev–Trinajstić information content (AvgIpc) is 2.34. The molecule has 2 amide bonds. The lowest BCUT2D eigenvalue weighted by Crippen LogP contribution is -2.60. The molecule has 5 nitrogen and oxygen atoms in total. The first kappa shape index (κ1) is 16.3. The van der Waals surface area contributed by atoms with Crippen molar-refractivity contribution < 1.29 is 13.2 Å². The Labute approximate surface area is 137 Å². The first-order chi connectivity index (χ1) is 10.9. The van der Waals surface area contributed by atoms with E-state index in [4.69, 9.17) is 0 Å². The van der Waals surface area contributed by atoms with E-state index in [1.165, 1.54) is 31.9 Å². The monoisotopic (exact) mass is 336 g/mol. The second-order valence-corrected chi connectivity index (χ2v) is 9.08. The number of nitrogens with one attached hydrogen (secondary N) is 2. The summed E-state index contributed by atoms with van der Waals surface area (Å²) in [5.41, 5.74) is 1.16. The van der Waals surface area contributed by atoms with Crippen LogP contribution in [0.5, 0.6) is 0 Å². The molecule has 2 aliphatic carbocycles. The van der Waals surface area contributed by atoms with Crippen LogP contribution in [0.2, 0.25) is 0 Å². The highest BCUT2D eigenvalue weighted by Gasteiger charge is 2.47. The maximum atomic E-state index is 12.4. The van der Waals surface area contributed by atoms with Crippen LogP contribution in [0.25, 0.3) is 0 Å². The SMILES string of the molecule is CS(=O)(=O)Cc1ccccc1NC(=O)NC1(C2CCC2)CCC1. The molecule has 2 aliphatic rings. The summed E-state index contributed by atoms with van der Waals surface area (Å²) in [7, 11) is -3.14. The van der Waals surface area contributed by atoms with Gasteiger partial charge in [-0.15, -0.1) is 0 Å². The van der Waals surface area contributed by atoms with Gasteiger partial charge in [0, 0.05) is 17.5 Å². The third-order valence-corrected chi connectivity index (χ3v) is 6.01. The molecule has 2 fully saturated rings. The van der Waals surface area contributed by atoms with Crippen molar-refractivity contribution in [2.75, 3.05) is 11.6 Å². The minimum absolute atomic E-state index is 0.0336. The normalized spacial score (nSPS) is 20.2. The maximum Gasteiger partial charge on any atom is 0.319 e. The van der Waals surface area contributed by atoms with Crippen molar-refractivity contribution in [2.24, 2.45) is 5.92 Å². The number of hydrogen-bond acceptors (Lipinski definition) is 3. The summed E-state index contributed by atoms with van der Waals surface area (Å²) in [5.74, 6) is 0.533. The fourth-order valence-corrected chi connectivity index (χ4v) is 4.40. The number of amides is 2. The Morgan fingerprint density at radius 1 is 1.22 bits per heavy atom. The predicted octanol–water partition coefficient (Wildman–Crippen LogP) is 3.08. The topological polar surface area (TPSA) is 75.3 Å². The molecule has 0 aliphatic heterocycles. The second kappa shape index (κ2) is 6.15. The largest absolute Gasteiger partial charge is 0.332 e. The van der Waals surface area contributed by atoms with Crippen LogP contribution in [-0.2, 0) is 15.6 Å². The van der Waals surface area contributed by atoms with E-state index >= 15 is 0 Å². The number of carbonyl (C=O) groups excluding carboxylic acids is 1. The highest BCUT2D eigenvalue weighted by molar-refractivity contribution is 7.89. The highest BCUT2D eigenvalue weighted by Crippen LogP contribution is 2.47. The molecule has 2 N–H and O–H groups in total. The summed E-state index contributed by atoms with van der Waals surface area (Å²) >= 11 is 0. The fourth-order valence-electron chi connectivity index (χ4n) is 3.58. The molecule has 0 saturated heterocycles. The van der Waals surface area contributed by atoms with Gasteiger partial charge in [-0.3, -0.25) is 0 Å². The molecule has 0 unspecified atom stereocenters. The van der Waals surface area contributed by atoms with Crippen LogP contribution in [0.4, 0.5) is 10.5 Å². The molecule has 0 atom stereocenters. The zero-order valence-electron chi connectivity index (χ0n) is 13.5. The van der Waals surface area contributed by atoms with Crippen LogP contribution in [-0.4, -0.2) is 26.2 Å². The minimum Gasteiger partial charge on any atom is -0.332 e. The van der Waals surface area contributed by atoms with E-state index in [0.717, 1.165) is 12.8 Å². The lowest BCUT2D eigenvalue weighted by atomic mass is 9.61. The Hall–Kier alpha value is -1.56. The van der Waals surface area contributed by atoms with Crippen molar-refractivity contribution in [1.82, 2.24) is 5.32 Å². The van der Waals surface area contributed by atoms with Crippen molar-refractivity contribution >= 4 is 21.6 Å². The third-order valence-electron chi connectivity index (χ3n) is 5.18. The van der Waals surface area contributed by atoms with Gasteiger partial charge in [-0.05, 0) is 49.7 Å². The van der Waals surface area contributed by atoms with E-state index in [2.05, 4.69) is 10.6 Å². The van der Waals surface area contributed by atoms with Gasteiger partial charge in [0.1, 0.15) is 0 Å². The van der Waals surface area contributed by atoms with Gasteiger partial charge in [0.2, 0.25) is 0 Å². The predicted molar refractivity (Wildman–Crippen MR) is 91.1 cm³/mol. The van der Waals surface area contributed by atoms with E-state index in [0.29, 0.717) is 17.2 Å². The first-order valence-corrected chi connectivity index (χ1v) is 10.3. The number of anilines is 1. The van der Waals surface area contributed by atoms with Crippen LogP contribution < -0.4 is 10.6 Å². The lowest BCUT2D eigenvalue weighted by molar-refractivity contribution is 0.0625. The number of benzene rings is 1. The molecule has 0 radical (unpaired) electrons. The van der Waals surface area contributed by atoms with Crippen LogP contribution in [0.3, 0.4) is 0 Å². The number of carbonyl (C=O) groups is 1. The van der Waals surface area contributed by atoms with E-state index in [1.807, 2.05) is 0 Å². The molecule has 126 valence electrons. The van der Waals surface area contributed by atoms with Crippen molar-refractivity contribution in [2.45, 2.75) is 49.8 Å². The lowest BCUT2D eigenvalue weighted by Gasteiger charge is -2.51. The number of urea groups is 1. The average molecular weight is 336 g/mol. The van der Waals surface area contributed by atoms with Crippen molar-refractivity contribution in [1.29, 1.82) is 0 Å². The molecule has 23 heavy (non-hydrogen) atoms. The van der Waals surface area contributed by atoms with Gasteiger partial charge >= 0.3 is 6.03 Å². The molecule has 3 rings (SSSR count). The van der Waals surface area contributed by atoms with Gasteiger partial charge in [-0.25, -0.2) is 13.2 Å². The Kier molecular flexibility index (Phi) is 4.36. The zero-order chi connectivity index (χ0) is 16.5. The standard InChI is InChI=1S/C17H24N2O3S/c1-23(21,22)12-13-6-2-3-9-15(13)18-16(20)19-17(10-5-11-17)14-7-4-8-14/h2-3,6,9,14H,4-5,7-8,10-12H2,1H3,(H2,18,19,20). The van der Waals surface area contributed by atoms with E-state index < -0.39 is 9.84 Å². The zero-order valence-corrected chi connectivity index (χ0v) is 14.3. The molecule has 6 heteroatoms. The van der Waals surface area contributed by atoms with Crippen LogP contribution in [0.1, 0.15) is 44.1 Å². The Bertz CT molecular complexity index is 692. The van der Waals surface area contributed by atoms with Gasteiger partial charge < -0.3 is 10.6 Å². The molecule has 0 heterocycles. The number of rotatable bonds is 5. The molecule has 1 aromatic carbocycles. The van der Waals surface area contributed by atoms with E-state index in [-0.39, 0.29) is 17.3 Å². The number of hydrogen-bond donors (Lipinski definition) is 2. The summed E-state index contributed by atoms with van der Waals surface area (Å²) in [5, 5.41) is 6.02. The van der Waals surface area contributed by atoms with Crippen molar-refractivity contribution in [3.05, 3.63) is 29.8 Å². The smallest absolute Gasteiger partial charge is 0.319 e. The van der Waals surface area contributed by atoms with Gasteiger partial charge in [0.15, 0.2) is 9.84 Å².